The molecule has 2 aromatic rings. The summed E-state index contributed by atoms with van der Waals surface area (Å²) in [6, 6.07) is 8.46. The number of carbonyl (C=O) groups is 1. The van der Waals surface area contributed by atoms with E-state index in [9.17, 15) is 13.6 Å². The Morgan fingerprint density at radius 1 is 1.12 bits per heavy atom. The van der Waals surface area contributed by atoms with Crippen LogP contribution in [0.1, 0.15) is 18.5 Å². The number of hydrogen-bond donors (Lipinski definition) is 2. The molecule has 1 aliphatic rings. The van der Waals surface area contributed by atoms with Gasteiger partial charge in [0.05, 0.1) is 6.54 Å². The quantitative estimate of drug-likeness (QED) is 0.883. The fraction of sp³-hybridized carbons (Fsp3) is 0.235. The third-order valence-electron chi connectivity index (χ3n) is 3.67. The van der Waals surface area contributed by atoms with Crippen LogP contribution >= 0.6 is 0 Å². The molecule has 1 atom stereocenters. The van der Waals surface area contributed by atoms with Crippen LogP contribution in [0.25, 0.3) is 0 Å². The highest BCUT2D eigenvalue weighted by Crippen LogP contribution is 2.34. The van der Waals surface area contributed by atoms with Gasteiger partial charge in [0.2, 0.25) is 12.7 Å². The van der Waals surface area contributed by atoms with Crippen LogP contribution < -0.4 is 20.1 Å². The van der Waals surface area contributed by atoms with Crippen molar-refractivity contribution in [2.75, 3.05) is 18.7 Å². The van der Waals surface area contributed by atoms with E-state index in [-0.39, 0.29) is 25.3 Å². The molecule has 1 aliphatic heterocycles. The summed E-state index contributed by atoms with van der Waals surface area (Å²) in [6.07, 6.45) is 0. The Hall–Kier alpha value is -2.67. The lowest BCUT2D eigenvalue weighted by atomic mass is 10.1. The molecule has 2 aromatic carbocycles. The topological polar surface area (TPSA) is 59.6 Å². The molecule has 0 radical (unpaired) electrons. The van der Waals surface area contributed by atoms with Gasteiger partial charge in [0, 0.05) is 17.8 Å². The Balaban J connectivity index is 1.54. The highest BCUT2D eigenvalue weighted by Gasteiger charge is 2.15. The van der Waals surface area contributed by atoms with Crippen molar-refractivity contribution in [2.24, 2.45) is 0 Å². The molecular formula is C17H16F2N2O3. The molecule has 0 aliphatic carbocycles. The highest BCUT2D eigenvalue weighted by molar-refractivity contribution is 5.92. The normalized spacial score (nSPS) is 13.6. The van der Waals surface area contributed by atoms with Gasteiger partial charge >= 0.3 is 0 Å². The molecule has 0 aromatic heterocycles. The van der Waals surface area contributed by atoms with E-state index in [4.69, 9.17) is 9.47 Å². The predicted molar refractivity (Wildman–Crippen MR) is 84.0 cm³/mol. The number of nitrogens with one attached hydrogen (secondary N) is 2. The van der Waals surface area contributed by atoms with Crippen LogP contribution in [0.5, 0.6) is 11.5 Å². The van der Waals surface area contributed by atoms with Crippen molar-refractivity contribution in [3.05, 3.63) is 53.6 Å². The summed E-state index contributed by atoms with van der Waals surface area (Å²) < 4.78 is 36.6. The lowest BCUT2D eigenvalue weighted by Gasteiger charge is -2.14. The third-order valence-corrected chi connectivity index (χ3v) is 3.67. The van der Waals surface area contributed by atoms with Gasteiger partial charge in [0.25, 0.3) is 0 Å². The molecule has 0 saturated heterocycles. The Kier molecular flexibility index (Phi) is 4.61. The smallest absolute Gasteiger partial charge is 0.238 e. The molecule has 2 N–H and O–H groups in total. The van der Waals surface area contributed by atoms with Crippen LogP contribution in [-0.2, 0) is 4.79 Å². The first-order valence-electron chi connectivity index (χ1n) is 7.41. The molecule has 1 heterocycles. The van der Waals surface area contributed by atoms with Crippen LogP contribution in [0.3, 0.4) is 0 Å². The van der Waals surface area contributed by atoms with Gasteiger partial charge in [0.15, 0.2) is 23.1 Å². The van der Waals surface area contributed by atoms with E-state index in [1.807, 2.05) is 0 Å². The van der Waals surface area contributed by atoms with Crippen molar-refractivity contribution in [1.82, 2.24) is 5.32 Å². The molecule has 5 nitrogen and oxygen atoms in total. The number of benzene rings is 2. The van der Waals surface area contributed by atoms with Crippen molar-refractivity contribution in [2.45, 2.75) is 13.0 Å². The number of fused-ring (bicyclic) bond motifs is 1. The van der Waals surface area contributed by atoms with Crippen molar-refractivity contribution in [3.63, 3.8) is 0 Å². The molecule has 0 saturated carbocycles. The summed E-state index contributed by atoms with van der Waals surface area (Å²) in [5.41, 5.74) is 1.15. The summed E-state index contributed by atoms with van der Waals surface area (Å²) in [5.74, 6) is -0.852. The van der Waals surface area contributed by atoms with E-state index < -0.39 is 11.6 Å². The number of amides is 1. The molecule has 24 heavy (non-hydrogen) atoms. The van der Waals surface area contributed by atoms with Crippen LogP contribution in [0.4, 0.5) is 14.5 Å². The number of hydrogen-bond acceptors (Lipinski definition) is 4. The summed E-state index contributed by atoms with van der Waals surface area (Å²) in [6.45, 7) is 1.95. The minimum atomic E-state index is -0.911. The highest BCUT2D eigenvalue weighted by atomic mass is 19.2. The van der Waals surface area contributed by atoms with Crippen LogP contribution in [0.15, 0.2) is 36.4 Å². The Labute approximate surface area is 137 Å². The zero-order chi connectivity index (χ0) is 17.1. The predicted octanol–water partition coefficient (Wildman–Crippen LogP) is 2.98. The maximum atomic E-state index is 13.2. The molecule has 126 valence electrons. The van der Waals surface area contributed by atoms with Gasteiger partial charge in [-0.2, -0.15) is 0 Å². The summed E-state index contributed by atoms with van der Waals surface area (Å²) >= 11 is 0. The van der Waals surface area contributed by atoms with Crippen LogP contribution in [-0.4, -0.2) is 19.2 Å². The standard InChI is InChI=1S/C17H16F2N2O3/c1-10(11-2-4-13(18)14(19)6-11)20-8-17(22)21-12-3-5-15-16(7-12)24-9-23-15/h2-7,10,20H,8-9H2,1H3,(H,21,22)/t10-/m0/s1. The van der Waals surface area contributed by atoms with Gasteiger partial charge in [-0.3, -0.25) is 4.79 Å². The molecule has 0 bridgehead atoms. The second-order valence-electron chi connectivity index (χ2n) is 5.39. The fourth-order valence-corrected chi connectivity index (χ4v) is 2.32. The van der Waals surface area contributed by atoms with E-state index in [0.29, 0.717) is 22.7 Å². The van der Waals surface area contributed by atoms with Gasteiger partial charge in [-0.1, -0.05) is 6.07 Å². The van der Waals surface area contributed by atoms with E-state index in [2.05, 4.69) is 10.6 Å². The summed E-state index contributed by atoms with van der Waals surface area (Å²) in [5, 5.41) is 5.69. The molecule has 1 amide bonds. The number of halogens is 2. The van der Waals surface area contributed by atoms with Gasteiger partial charge < -0.3 is 20.1 Å². The number of ether oxygens (including phenoxy) is 2. The molecule has 0 unspecified atom stereocenters. The first-order valence-corrected chi connectivity index (χ1v) is 7.41. The van der Waals surface area contributed by atoms with Gasteiger partial charge in [-0.05, 0) is 36.8 Å². The van der Waals surface area contributed by atoms with E-state index >= 15 is 0 Å². The summed E-state index contributed by atoms with van der Waals surface area (Å²) in [7, 11) is 0. The van der Waals surface area contributed by atoms with Crippen LogP contribution in [0.2, 0.25) is 0 Å². The van der Waals surface area contributed by atoms with Gasteiger partial charge in [-0.15, -0.1) is 0 Å². The Bertz CT molecular complexity index is 767. The van der Waals surface area contributed by atoms with Crippen molar-refractivity contribution in [1.29, 1.82) is 0 Å². The van der Waals surface area contributed by atoms with E-state index in [1.54, 1.807) is 25.1 Å². The number of carbonyl (C=O) groups excluding carboxylic acids is 1. The zero-order valence-corrected chi connectivity index (χ0v) is 12.9. The lowest BCUT2D eigenvalue weighted by Crippen LogP contribution is -2.30. The van der Waals surface area contributed by atoms with Crippen molar-refractivity contribution in [3.8, 4) is 11.5 Å². The summed E-state index contributed by atoms with van der Waals surface area (Å²) in [4.78, 5) is 12.0. The SMILES string of the molecule is C[C@H](NCC(=O)Nc1ccc2c(c1)OCO2)c1ccc(F)c(F)c1. The van der Waals surface area contributed by atoms with Crippen LogP contribution in [0, 0.1) is 11.6 Å². The number of rotatable bonds is 5. The van der Waals surface area contributed by atoms with Crippen molar-refractivity contribution >= 4 is 11.6 Å². The Morgan fingerprint density at radius 3 is 2.71 bits per heavy atom. The number of anilines is 1. The minimum Gasteiger partial charge on any atom is -0.454 e. The van der Waals surface area contributed by atoms with E-state index in [1.165, 1.54) is 6.07 Å². The first kappa shape index (κ1) is 16.2. The second kappa shape index (κ2) is 6.84. The Morgan fingerprint density at radius 2 is 1.92 bits per heavy atom. The fourth-order valence-electron chi connectivity index (χ4n) is 2.32. The van der Waals surface area contributed by atoms with Gasteiger partial charge in [-0.25, -0.2) is 8.78 Å². The molecule has 3 rings (SSSR count). The van der Waals surface area contributed by atoms with Gasteiger partial charge in [0.1, 0.15) is 0 Å². The maximum Gasteiger partial charge on any atom is 0.238 e. The lowest BCUT2D eigenvalue weighted by molar-refractivity contribution is -0.115. The first-order chi connectivity index (χ1) is 11.5. The average molecular weight is 334 g/mol. The molecule has 0 spiro atoms. The second-order valence-corrected chi connectivity index (χ2v) is 5.39. The van der Waals surface area contributed by atoms with Crippen molar-refractivity contribution < 1.29 is 23.0 Å². The molecular weight excluding hydrogens is 318 g/mol. The van der Waals surface area contributed by atoms with E-state index in [0.717, 1.165) is 12.1 Å². The molecule has 0 fully saturated rings. The minimum absolute atomic E-state index is 0.0224. The maximum absolute atomic E-state index is 13.2. The zero-order valence-electron chi connectivity index (χ0n) is 12.9. The average Bonchev–Trinajstić information content (AvgIpc) is 3.03. The largest absolute Gasteiger partial charge is 0.454 e. The monoisotopic (exact) mass is 334 g/mol. The third kappa shape index (κ3) is 3.62. The molecule has 7 heteroatoms.